The van der Waals surface area contributed by atoms with Crippen LogP contribution in [-0.2, 0) is 7.05 Å². The number of hydrogen-bond donors (Lipinski definition) is 3. The Morgan fingerprint density at radius 1 is 1.37 bits per heavy atom. The smallest absolute Gasteiger partial charge is 0.261 e. The second-order valence-corrected chi connectivity index (χ2v) is 8.03. The first-order valence-electron chi connectivity index (χ1n) is 8.11. The van der Waals surface area contributed by atoms with E-state index in [0.29, 0.717) is 25.5 Å². The Morgan fingerprint density at radius 3 is 2.67 bits per heavy atom. The van der Waals surface area contributed by atoms with Crippen molar-refractivity contribution >= 4 is 40.4 Å². The monoisotopic (exact) mass is 424 g/mol. The highest BCUT2D eigenvalue weighted by Crippen LogP contribution is 2.38. The van der Waals surface area contributed by atoms with Crippen molar-refractivity contribution in [2.45, 2.75) is 12.1 Å². The highest BCUT2D eigenvalue weighted by molar-refractivity contribution is 7.18. The number of nitrogens with zero attached hydrogens (tertiary/aromatic N) is 2. The van der Waals surface area contributed by atoms with E-state index in [9.17, 15) is 9.90 Å². The molecule has 0 fully saturated rings. The highest BCUT2D eigenvalue weighted by Gasteiger charge is 2.24. The summed E-state index contributed by atoms with van der Waals surface area (Å²) in [6, 6.07) is 9.77. The molecular formula is C18H18Cl2N4O2S. The molecule has 0 spiro atoms. The summed E-state index contributed by atoms with van der Waals surface area (Å²) in [5.74, 6) is -0.329. The lowest BCUT2D eigenvalue weighted by atomic mass is 10.0. The molecular weight excluding hydrogens is 407 g/mol. The van der Waals surface area contributed by atoms with Gasteiger partial charge in [0.25, 0.3) is 5.91 Å². The van der Waals surface area contributed by atoms with Gasteiger partial charge in [-0.2, -0.15) is 5.10 Å². The molecule has 2 atom stereocenters. The maximum absolute atomic E-state index is 12.8. The van der Waals surface area contributed by atoms with Crippen LogP contribution < -0.4 is 11.1 Å². The number of aliphatic hydroxyl groups excluding tert-OH is 1. The van der Waals surface area contributed by atoms with Gasteiger partial charge < -0.3 is 16.2 Å². The number of nitrogens with two attached hydrogens (primary N) is 1. The van der Waals surface area contributed by atoms with Gasteiger partial charge in [-0.25, -0.2) is 0 Å². The Morgan fingerprint density at radius 2 is 2.07 bits per heavy atom. The number of rotatable bonds is 6. The predicted molar refractivity (Wildman–Crippen MR) is 108 cm³/mol. The maximum Gasteiger partial charge on any atom is 0.261 e. The molecule has 0 saturated heterocycles. The molecule has 2 aromatic heterocycles. The van der Waals surface area contributed by atoms with Gasteiger partial charge in [0.2, 0.25) is 0 Å². The number of carbonyl (C=O) groups excluding carboxylic acids is 1. The Bertz CT molecular complexity index is 923. The van der Waals surface area contributed by atoms with E-state index < -0.39 is 12.1 Å². The number of aryl methyl sites for hydroxylation is 1. The van der Waals surface area contributed by atoms with Crippen LogP contribution in [-0.4, -0.2) is 33.4 Å². The van der Waals surface area contributed by atoms with Crippen LogP contribution in [0, 0.1) is 0 Å². The fourth-order valence-corrected chi connectivity index (χ4v) is 4.22. The Labute approximate surface area is 170 Å². The number of benzene rings is 1. The fraction of sp³-hybridized carbons (Fsp3) is 0.222. The summed E-state index contributed by atoms with van der Waals surface area (Å²) in [5, 5.41) is 16.9. The molecule has 2 unspecified atom stereocenters. The minimum Gasteiger partial charge on any atom is -0.395 e. The number of thiophene rings is 1. The van der Waals surface area contributed by atoms with Crippen LogP contribution in [0.4, 0.5) is 0 Å². The van der Waals surface area contributed by atoms with Gasteiger partial charge in [0, 0.05) is 12.6 Å². The minimum absolute atomic E-state index is 0.263. The van der Waals surface area contributed by atoms with E-state index in [4.69, 9.17) is 28.9 Å². The molecule has 1 aromatic carbocycles. The molecule has 0 aliphatic carbocycles. The van der Waals surface area contributed by atoms with Gasteiger partial charge in [0.05, 0.1) is 40.5 Å². The lowest BCUT2D eigenvalue weighted by Gasteiger charge is -2.23. The molecule has 3 aromatic rings. The lowest BCUT2D eigenvalue weighted by Crippen LogP contribution is -2.42. The third-order valence-electron chi connectivity index (χ3n) is 4.14. The number of amides is 1. The van der Waals surface area contributed by atoms with E-state index in [2.05, 4.69) is 10.4 Å². The molecule has 4 N–H and O–H groups in total. The number of carbonyl (C=O) groups is 1. The average molecular weight is 425 g/mol. The molecule has 1 amide bonds. The predicted octanol–water partition coefficient (Wildman–Crippen LogP) is 3.25. The van der Waals surface area contributed by atoms with Gasteiger partial charge in [-0.05, 0) is 11.6 Å². The first kappa shape index (κ1) is 19.9. The van der Waals surface area contributed by atoms with Crippen molar-refractivity contribution in [1.82, 2.24) is 15.1 Å². The first-order valence-corrected chi connectivity index (χ1v) is 9.69. The van der Waals surface area contributed by atoms with Crippen LogP contribution in [0.3, 0.4) is 0 Å². The normalized spacial score (nSPS) is 13.4. The fourth-order valence-electron chi connectivity index (χ4n) is 2.77. The average Bonchev–Trinajstić information content (AvgIpc) is 3.21. The molecule has 0 radical (unpaired) electrons. The molecule has 9 heteroatoms. The molecule has 142 valence electrons. The molecule has 3 rings (SSSR count). The van der Waals surface area contributed by atoms with Crippen molar-refractivity contribution in [1.29, 1.82) is 0 Å². The summed E-state index contributed by atoms with van der Waals surface area (Å²) in [6.45, 7) is -0.263. The van der Waals surface area contributed by atoms with Crippen LogP contribution in [0.2, 0.25) is 9.36 Å². The summed E-state index contributed by atoms with van der Waals surface area (Å²) >= 11 is 13.7. The largest absolute Gasteiger partial charge is 0.395 e. The second kappa shape index (κ2) is 8.41. The molecule has 27 heavy (non-hydrogen) atoms. The number of halogens is 2. The number of aliphatic hydroxyl groups is 1. The van der Waals surface area contributed by atoms with Gasteiger partial charge >= 0.3 is 0 Å². The van der Waals surface area contributed by atoms with E-state index in [1.807, 2.05) is 30.3 Å². The highest BCUT2D eigenvalue weighted by atomic mass is 35.5. The van der Waals surface area contributed by atoms with Gasteiger partial charge in [-0.15, -0.1) is 11.3 Å². The van der Waals surface area contributed by atoms with Gasteiger partial charge in [0.1, 0.15) is 4.34 Å². The van der Waals surface area contributed by atoms with E-state index in [-0.39, 0.29) is 12.5 Å². The standard InChI is InChI=1S/C18H18Cl2N4O2S/c1-24-16(12(19)8-22-24)11-7-14(27-17(11)20)18(26)23-15(13(21)9-25)10-5-3-2-4-6-10/h2-8,13,15,25H,9,21H2,1H3,(H,23,26). The summed E-state index contributed by atoms with van der Waals surface area (Å²) in [7, 11) is 1.75. The van der Waals surface area contributed by atoms with Crippen molar-refractivity contribution < 1.29 is 9.90 Å². The van der Waals surface area contributed by atoms with Crippen LogP contribution in [0.5, 0.6) is 0 Å². The van der Waals surface area contributed by atoms with Crippen LogP contribution in [0.15, 0.2) is 42.6 Å². The topological polar surface area (TPSA) is 93.2 Å². The summed E-state index contributed by atoms with van der Waals surface area (Å²) in [4.78, 5) is 13.2. The van der Waals surface area contributed by atoms with Crippen LogP contribution in [0.25, 0.3) is 11.3 Å². The van der Waals surface area contributed by atoms with E-state index in [1.165, 1.54) is 6.20 Å². The lowest BCUT2D eigenvalue weighted by molar-refractivity contribution is 0.0927. The van der Waals surface area contributed by atoms with Gasteiger partial charge in [0.15, 0.2) is 0 Å². The van der Waals surface area contributed by atoms with Crippen molar-refractivity contribution in [3.05, 3.63) is 62.4 Å². The third-order valence-corrected chi connectivity index (χ3v) is 5.78. The zero-order chi connectivity index (χ0) is 19.6. The van der Waals surface area contributed by atoms with Crippen LogP contribution in [0.1, 0.15) is 21.3 Å². The molecule has 0 aliphatic rings. The summed E-state index contributed by atoms with van der Waals surface area (Å²) in [6.07, 6.45) is 1.52. The SMILES string of the molecule is Cn1ncc(Cl)c1-c1cc(C(=O)NC(c2ccccc2)C(N)CO)sc1Cl. The number of aromatic nitrogens is 2. The van der Waals surface area contributed by atoms with E-state index >= 15 is 0 Å². The molecule has 6 nitrogen and oxygen atoms in total. The van der Waals surface area contributed by atoms with E-state index in [0.717, 1.165) is 16.9 Å². The van der Waals surface area contributed by atoms with Gasteiger partial charge in [-0.1, -0.05) is 53.5 Å². The number of nitrogens with one attached hydrogen (secondary N) is 1. The van der Waals surface area contributed by atoms with Gasteiger partial charge in [-0.3, -0.25) is 9.48 Å². The third kappa shape index (κ3) is 4.17. The molecule has 0 bridgehead atoms. The van der Waals surface area contributed by atoms with Crippen molar-refractivity contribution in [3.8, 4) is 11.3 Å². The van der Waals surface area contributed by atoms with Crippen molar-refractivity contribution in [3.63, 3.8) is 0 Å². The molecule has 0 aliphatic heterocycles. The number of hydrogen-bond acceptors (Lipinski definition) is 5. The van der Waals surface area contributed by atoms with E-state index in [1.54, 1.807) is 17.8 Å². The molecule has 2 heterocycles. The summed E-state index contributed by atoms with van der Waals surface area (Å²) < 4.78 is 2.04. The summed E-state index contributed by atoms with van der Waals surface area (Å²) in [5.41, 5.74) is 8.10. The Kier molecular flexibility index (Phi) is 6.18. The zero-order valence-electron chi connectivity index (χ0n) is 14.4. The quantitative estimate of drug-likeness (QED) is 0.565. The van der Waals surface area contributed by atoms with Crippen LogP contribution >= 0.6 is 34.5 Å². The van der Waals surface area contributed by atoms with Crippen molar-refractivity contribution in [2.24, 2.45) is 12.8 Å². The Balaban J connectivity index is 1.88. The maximum atomic E-state index is 12.8. The second-order valence-electron chi connectivity index (χ2n) is 5.97. The first-order chi connectivity index (χ1) is 12.9. The minimum atomic E-state index is -0.641. The zero-order valence-corrected chi connectivity index (χ0v) is 16.7. The Hall–Kier alpha value is -1.90. The van der Waals surface area contributed by atoms with Crippen molar-refractivity contribution in [2.75, 3.05) is 6.61 Å². The molecule has 0 saturated carbocycles.